The van der Waals surface area contributed by atoms with Gasteiger partial charge in [0.2, 0.25) is 0 Å². The first-order valence-electron chi connectivity index (χ1n) is 5.94. The van der Waals surface area contributed by atoms with Crippen LogP contribution < -0.4 is 5.32 Å². The number of nitrogens with one attached hydrogen (secondary N) is 1. The van der Waals surface area contributed by atoms with Gasteiger partial charge >= 0.3 is 6.18 Å². The van der Waals surface area contributed by atoms with Gasteiger partial charge in [-0.1, -0.05) is 6.07 Å². The van der Waals surface area contributed by atoms with E-state index in [2.05, 4.69) is 5.32 Å². The zero-order valence-corrected chi connectivity index (χ0v) is 10.9. The smallest absolute Gasteiger partial charge is 0.317 e. The summed E-state index contributed by atoms with van der Waals surface area (Å²) in [6.07, 6.45) is -3.67. The predicted molar refractivity (Wildman–Crippen MR) is 64.5 cm³/mol. The minimum atomic E-state index is -4.53. The second-order valence-electron chi connectivity index (χ2n) is 4.52. The van der Waals surface area contributed by atoms with Crippen LogP contribution in [0.25, 0.3) is 0 Å². The standard InChI is InChI=1S/C12H14F3NO2S/c13-12(14,15)9-2-1-3-11(8-9)19(17,18)10-4-6-16-7-5-10/h1-3,8,10,16H,4-7H2. The lowest BCUT2D eigenvalue weighted by molar-refractivity contribution is -0.137. The third-order valence-electron chi connectivity index (χ3n) is 3.21. The van der Waals surface area contributed by atoms with E-state index in [1.54, 1.807) is 0 Å². The van der Waals surface area contributed by atoms with Crippen LogP contribution in [-0.4, -0.2) is 26.8 Å². The second-order valence-corrected chi connectivity index (χ2v) is 6.75. The molecule has 1 aliphatic rings. The van der Waals surface area contributed by atoms with Crippen molar-refractivity contribution in [3.63, 3.8) is 0 Å². The van der Waals surface area contributed by atoms with Crippen LogP contribution in [0.5, 0.6) is 0 Å². The molecule has 0 amide bonds. The van der Waals surface area contributed by atoms with E-state index < -0.39 is 26.8 Å². The number of sulfone groups is 1. The molecule has 0 atom stereocenters. The molecule has 1 N–H and O–H groups in total. The highest BCUT2D eigenvalue weighted by Crippen LogP contribution is 2.32. The molecule has 1 aliphatic heterocycles. The second kappa shape index (κ2) is 5.13. The van der Waals surface area contributed by atoms with Crippen LogP contribution in [0.4, 0.5) is 13.2 Å². The molecule has 1 aromatic rings. The summed E-state index contributed by atoms with van der Waals surface area (Å²) in [6, 6.07) is 3.96. The van der Waals surface area contributed by atoms with Gasteiger partial charge in [0.15, 0.2) is 9.84 Å². The summed E-state index contributed by atoms with van der Waals surface area (Å²) >= 11 is 0. The Morgan fingerprint density at radius 2 is 1.79 bits per heavy atom. The number of rotatable bonds is 2. The number of benzene rings is 1. The maximum absolute atomic E-state index is 12.6. The summed E-state index contributed by atoms with van der Waals surface area (Å²) in [5.74, 6) is 0. The molecule has 3 nitrogen and oxygen atoms in total. The minimum absolute atomic E-state index is 0.241. The average molecular weight is 293 g/mol. The van der Waals surface area contributed by atoms with Crippen LogP contribution in [0, 0.1) is 0 Å². The van der Waals surface area contributed by atoms with Gasteiger partial charge < -0.3 is 5.32 Å². The van der Waals surface area contributed by atoms with Crippen molar-refractivity contribution in [2.45, 2.75) is 29.2 Å². The fourth-order valence-corrected chi connectivity index (χ4v) is 3.95. The Morgan fingerprint density at radius 3 is 2.37 bits per heavy atom. The Bertz CT molecular complexity index is 548. The molecule has 1 fully saturated rings. The monoisotopic (exact) mass is 293 g/mol. The molecule has 7 heteroatoms. The van der Waals surface area contributed by atoms with Crippen molar-refractivity contribution in [3.05, 3.63) is 29.8 Å². The van der Waals surface area contributed by atoms with Gasteiger partial charge in [0.05, 0.1) is 15.7 Å². The Hall–Kier alpha value is -1.08. The number of hydrogen-bond acceptors (Lipinski definition) is 3. The summed E-state index contributed by atoms with van der Waals surface area (Å²) in [5, 5.41) is 2.43. The van der Waals surface area contributed by atoms with Gasteiger partial charge in [0.25, 0.3) is 0 Å². The normalized spacial score (nSPS) is 18.5. The van der Waals surface area contributed by atoms with Gasteiger partial charge in [-0.3, -0.25) is 0 Å². The molecular weight excluding hydrogens is 279 g/mol. The number of hydrogen-bond donors (Lipinski definition) is 1. The minimum Gasteiger partial charge on any atom is -0.317 e. The van der Waals surface area contributed by atoms with Gasteiger partial charge in [-0.05, 0) is 44.1 Å². The molecule has 0 bridgehead atoms. The zero-order valence-electron chi connectivity index (χ0n) is 10.1. The highest BCUT2D eigenvalue weighted by atomic mass is 32.2. The summed E-state index contributed by atoms with van der Waals surface area (Å²) in [6.45, 7) is 1.14. The van der Waals surface area contributed by atoms with Crippen LogP contribution in [0.1, 0.15) is 18.4 Å². The predicted octanol–water partition coefficient (Wildman–Crippen LogP) is 2.23. The maximum atomic E-state index is 12.6. The number of halogens is 3. The Kier molecular flexibility index (Phi) is 3.87. The third kappa shape index (κ3) is 3.09. The topological polar surface area (TPSA) is 46.2 Å². The molecule has 0 spiro atoms. The van der Waals surface area contributed by atoms with Crippen molar-refractivity contribution in [1.29, 1.82) is 0 Å². The summed E-state index contributed by atoms with van der Waals surface area (Å²) in [5.41, 5.74) is -0.928. The molecule has 0 radical (unpaired) electrons. The highest BCUT2D eigenvalue weighted by Gasteiger charge is 2.34. The molecule has 2 rings (SSSR count). The van der Waals surface area contributed by atoms with Crippen LogP contribution in [-0.2, 0) is 16.0 Å². The zero-order chi connectivity index (χ0) is 14.1. The number of piperidine rings is 1. The molecule has 1 heterocycles. The van der Waals surface area contributed by atoms with Gasteiger partial charge in [-0.25, -0.2) is 8.42 Å². The molecular formula is C12H14F3NO2S. The molecule has 1 aromatic carbocycles. The van der Waals surface area contributed by atoms with E-state index in [0.29, 0.717) is 25.9 Å². The quantitative estimate of drug-likeness (QED) is 0.909. The van der Waals surface area contributed by atoms with E-state index in [9.17, 15) is 21.6 Å². The van der Waals surface area contributed by atoms with Crippen molar-refractivity contribution in [3.8, 4) is 0 Å². The molecule has 0 unspecified atom stereocenters. The third-order valence-corrected chi connectivity index (χ3v) is 5.47. The van der Waals surface area contributed by atoms with Crippen molar-refractivity contribution < 1.29 is 21.6 Å². The van der Waals surface area contributed by atoms with Crippen LogP contribution in [0.2, 0.25) is 0 Å². The molecule has 1 saturated heterocycles. The van der Waals surface area contributed by atoms with Crippen molar-refractivity contribution in [2.75, 3.05) is 13.1 Å². The van der Waals surface area contributed by atoms with Gasteiger partial charge in [0.1, 0.15) is 0 Å². The van der Waals surface area contributed by atoms with E-state index in [4.69, 9.17) is 0 Å². The van der Waals surface area contributed by atoms with Crippen LogP contribution in [0.3, 0.4) is 0 Å². The highest BCUT2D eigenvalue weighted by molar-refractivity contribution is 7.92. The fraction of sp³-hybridized carbons (Fsp3) is 0.500. The van der Waals surface area contributed by atoms with E-state index >= 15 is 0 Å². The molecule has 106 valence electrons. The fourth-order valence-electron chi connectivity index (χ4n) is 2.15. The SMILES string of the molecule is O=S(=O)(c1cccc(C(F)(F)F)c1)C1CCNCC1. The van der Waals surface area contributed by atoms with Crippen molar-refractivity contribution in [1.82, 2.24) is 5.32 Å². The maximum Gasteiger partial charge on any atom is 0.416 e. The van der Waals surface area contributed by atoms with E-state index in [-0.39, 0.29) is 4.90 Å². The van der Waals surface area contributed by atoms with E-state index in [1.165, 1.54) is 6.07 Å². The number of alkyl halides is 3. The molecule has 0 aliphatic carbocycles. The molecule has 19 heavy (non-hydrogen) atoms. The first-order chi connectivity index (χ1) is 8.82. The average Bonchev–Trinajstić information content (AvgIpc) is 2.39. The first kappa shape index (κ1) is 14.3. The Labute approximate surface area is 109 Å². The van der Waals surface area contributed by atoms with Crippen molar-refractivity contribution >= 4 is 9.84 Å². The Balaban J connectivity index is 2.35. The lowest BCUT2D eigenvalue weighted by atomic mass is 10.2. The Morgan fingerprint density at radius 1 is 1.16 bits per heavy atom. The van der Waals surface area contributed by atoms with Crippen LogP contribution >= 0.6 is 0 Å². The largest absolute Gasteiger partial charge is 0.416 e. The molecule has 0 saturated carbocycles. The summed E-state index contributed by atoms with van der Waals surface area (Å²) in [7, 11) is -3.68. The van der Waals surface area contributed by atoms with Gasteiger partial charge in [-0.2, -0.15) is 13.2 Å². The summed E-state index contributed by atoms with van der Waals surface area (Å²) in [4.78, 5) is -0.241. The summed E-state index contributed by atoms with van der Waals surface area (Å²) < 4.78 is 62.3. The first-order valence-corrected chi connectivity index (χ1v) is 7.48. The van der Waals surface area contributed by atoms with Crippen LogP contribution in [0.15, 0.2) is 29.2 Å². The lowest BCUT2D eigenvalue weighted by Gasteiger charge is -2.23. The lowest BCUT2D eigenvalue weighted by Crippen LogP contribution is -2.35. The van der Waals surface area contributed by atoms with Crippen molar-refractivity contribution in [2.24, 2.45) is 0 Å². The van der Waals surface area contributed by atoms with Gasteiger partial charge in [0, 0.05) is 0 Å². The van der Waals surface area contributed by atoms with E-state index in [0.717, 1.165) is 18.2 Å². The van der Waals surface area contributed by atoms with Gasteiger partial charge in [-0.15, -0.1) is 0 Å². The van der Waals surface area contributed by atoms with E-state index in [1.807, 2.05) is 0 Å². The molecule has 0 aromatic heterocycles.